The van der Waals surface area contributed by atoms with Gasteiger partial charge in [-0.3, -0.25) is 0 Å². The molecule has 0 aliphatic carbocycles. The maximum absolute atomic E-state index is 12.6. The van der Waals surface area contributed by atoms with Gasteiger partial charge in [0.25, 0.3) is 0 Å². The van der Waals surface area contributed by atoms with Crippen LogP contribution in [0.5, 0.6) is 5.75 Å². The molecule has 0 aromatic heterocycles. The predicted molar refractivity (Wildman–Crippen MR) is 118 cm³/mol. The number of anilines is 2. The van der Waals surface area contributed by atoms with E-state index in [0.717, 1.165) is 11.4 Å². The molecular formula is C22H24N4O4S. The Bertz CT molecular complexity index is 1070. The summed E-state index contributed by atoms with van der Waals surface area (Å²) in [6, 6.07) is 16.8. The number of hydrogen-bond acceptors (Lipinski definition) is 7. The summed E-state index contributed by atoms with van der Waals surface area (Å²) in [6.07, 6.45) is -0.391. The number of rotatable bonds is 3. The number of nitrogens with zero attached hydrogens (tertiary/aromatic N) is 4. The van der Waals surface area contributed by atoms with Gasteiger partial charge in [0.05, 0.1) is 23.1 Å². The fraction of sp³-hybridized carbons (Fsp3) is 0.364. The van der Waals surface area contributed by atoms with Crippen LogP contribution in [-0.2, 0) is 9.84 Å². The van der Waals surface area contributed by atoms with Gasteiger partial charge in [-0.1, -0.05) is 6.07 Å². The monoisotopic (exact) mass is 440 g/mol. The molecule has 0 N–H and O–H groups in total. The van der Waals surface area contributed by atoms with Gasteiger partial charge in [0.15, 0.2) is 9.84 Å². The predicted octanol–water partition coefficient (Wildman–Crippen LogP) is 2.11. The van der Waals surface area contributed by atoms with E-state index >= 15 is 0 Å². The number of nitriles is 1. The molecule has 8 nitrogen and oxygen atoms in total. The number of hydrogen-bond donors (Lipinski definition) is 0. The van der Waals surface area contributed by atoms with Crippen LogP contribution in [0.4, 0.5) is 16.2 Å². The van der Waals surface area contributed by atoms with E-state index in [1.807, 2.05) is 29.2 Å². The van der Waals surface area contributed by atoms with Crippen LogP contribution in [-0.4, -0.2) is 70.2 Å². The Hall–Kier alpha value is -3.25. The average molecular weight is 441 g/mol. The third-order valence-electron chi connectivity index (χ3n) is 5.63. The molecule has 0 spiro atoms. The van der Waals surface area contributed by atoms with Crippen LogP contribution < -0.4 is 14.5 Å². The lowest BCUT2D eigenvalue weighted by Crippen LogP contribution is -2.49. The summed E-state index contributed by atoms with van der Waals surface area (Å²) in [7, 11) is -2.95. The normalized spacial score (nSPS) is 18.4. The molecule has 1 amide bonds. The lowest BCUT2D eigenvalue weighted by Gasteiger charge is -2.35. The smallest absolute Gasteiger partial charge is 0.410 e. The number of benzene rings is 2. The number of piperazine rings is 1. The first-order valence-corrected chi connectivity index (χ1v) is 12.0. The van der Waals surface area contributed by atoms with E-state index in [2.05, 4.69) is 11.0 Å². The molecule has 2 saturated heterocycles. The summed E-state index contributed by atoms with van der Waals surface area (Å²) < 4.78 is 28.9. The number of ether oxygens (including phenoxy) is 1. The van der Waals surface area contributed by atoms with Crippen molar-refractivity contribution in [2.45, 2.75) is 0 Å². The quantitative estimate of drug-likeness (QED) is 0.722. The van der Waals surface area contributed by atoms with Crippen LogP contribution in [0.2, 0.25) is 0 Å². The third-order valence-corrected chi connectivity index (χ3v) is 7.24. The van der Waals surface area contributed by atoms with Crippen molar-refractivity contribution < 1.29 is 17.9 Å². The molecule has 2 fully saturated rings. The Morgan fingerprint density at radius 1 is 0.871 bits per heavy atom. The van der Waals surface area contributed by atoms with Gasteiger partial charge < -0.3 is 19.4 Å². The molecule has 2 aromatic carbocycles. The second-order valence-electron chi connectivity index (χ2n) is 7.64. The SMILES string of the molecule is N#Cc1ccc(N2CCN(C(=O)Oc3cccc(N4CCS(=O)(=O)CC4)c3)CC2)cc1. The highest BCUT2D eigenvalue weighted by molar-refractivity contribution is 7.91. The van der Waals surface area contributed by atoms with Gasteiger partial charge in [0.2, 0.25) is 0 Å². The molecule has 9 heteroatoms. The lowest BCUT2D eigenvalue weighted by molar-refractivity contribution is 0.149. The lowest BCUT2D eigenvalue weighted by atomic mass is 10.2. The van der Waals surface area contributed by atoms with Crippen molar-refractivity contribution in [1.29, 1.82) is 5.26 Å². The fourth-order valence-electron chi connectivity index (χ4n) is 3.77. The molecule has 2 aromatic rings. The van der Waals surface area contributed by atoms with Crippen LogP contribution in [0.3, 0.4) is 0 Å². The molecular weight excluding hydrogens is 416 g/mol. The van der Waals surface area contributed by atoms with Crippen LogP contribution in [0.15, 0.2) is 48.5 Å². The average Bonchev–Trinajstić information content (AvgIpc) is 2.79. The molecule has 2 aliphatic heterocycles. The first-order chi connectivity index (χ1) is 14.9. The first kappa shape index (κ1) is 21.0. The number of carbonyl (C=O) groups excluding carboxylic acids is 1. The summed E-state index contributed by atoms with van der Waals surface area (Å²) in [5.41, 5.74) is 2.51. The van der Waals surface area contributed by atoms with Crippen molar-refractivity contribution in [3.63, 3.8) is 0 Å². The Balaban J connectivity index is 1.32. The van der Waals surface area contributed by atoms with Gasteiger partial charge in [-0.2, -0.15) is 5.26 Å². The van der Waals surface area contributed by atoms with Crippen LogP contribution >= 0.6 is 0 Å². The highest BCUT2D eigenvalue weighted by Gasteiger charge is 2.24. The molecule has 2 heterocycles. The molecule has 2 aliphatic rings. The van der Waals surface area contributed by atoms with Crippen molar-refractivity contribution in [2.24, 2.45) is 0 Å². The summed E-state index contributed by atoms with van der Waals surface area (Å²) >= 11 is 0. The van der Waals surface area contributed by atoms with Crippen molar-refractivity contribution in [3.8, 4) is 11.8 Å². The van der Waals surface area contributed by atoms with Gasteiger partial charge in [-0.15, -0.1) is 0 Å². The maximum atomic E-state index is 12.6. The Labute approximate surface area is 182 Å². The molecule has 31 heavy (non-hydrogen) atoms. The maximum Gasteiger partial charge on any atom is 0.415 e. The van der Waals surface area contributed by atoms with E-state index in [-0.39, 0.29) is 11.5 Å². The summed E-state index contributed by atoms with van der Waals surface area (Å²) in [4.78, 5) is 18.5. The highest BCUT2D eigenvalue weighted by Crippen LogP contribution is 2.24. The Morgan fingerprint density at radius 2 is 1.52 bits per heavy atom. The molecule has 0 saturated carbocycles. The molecule has 162 valence electrons. The third kappa shape index (κ3) is 5.09. The van der Waals surface area contributed by atoms with Crippen molar-refractivity contribution in [1.82, 2.24) is 4.90 Å². The van der Waals surface area contributed by atoms with Gasteiger partial charge in [-0.05, 0) is 36.4 Å². The van der Waals surface area contributed by atoms with E-state index in [9.17, 15) is 13.2 Å². The highest BCUT2D eigenvalue weighted by atomic mass is 32.2. The summed E-state index contributed by atoms with van der Waals surface area (Å²) in [5.74, 6) is 0.728. The largest absolute Gasteiger partial charge is 0.415 e. The minimum Gasteiger partial charge on any atom is -0.410 e. The van der Waals surface area contributed by atoms with Gasteiger partial charge in [0, 0.05) is 56.7 Å². The van der Waals surface area contributed by atoms with Gasteiger partial charge in [0.1, 0.15) is 5.75 Å². The number of amides is 1. The molecule has 4 rings (SSSR count). The minimum absolute atomic E-state index is 0.139. The fourth-order valence-corrected chi connectivity index (χ4v) is 4.97. The molecule has 0 bridgehead atoms. The second-order valence-corrected chi connectivity index (χ2v) is 9.94. The Morgan fingerprint density at radius 3 is 2.16 bits per heavy atom. The van der Waals surface area contributed by atoms with Gasteiger partial charge in [-0.25, -0.2) is 13.2 Å². The van der Waals surface area contributed by atoms with E-state index in [1.54, 1.807) is 29.2 Å². The second kappa shape index (κ2) is 8.86. The number of sulfone groups is 1. The molecule has 0 unspecified atom stereocenters. The zero-order valence-corrected chi connectivity index (χ0v) is 17.9. The first-order valence-electron chi connectivity index (χ1n) is 10.2. The summed E-state index contributed by atoms with van der Waals surface area (Å²) in [5, 5.41) is 8.92. The standard InChI is InChI=1S/C22H24N4O4S/c23-17-18-4-6-19(7-5-18)24-8-10-26(11-9-24)22(27)30-21-3-1-2-20(16-21)25-12-14-31(28,29)15-13-25/h1-7,16H,8-15H2. The zero-order chi connectivity index (χ0) is 21.8. The Kier molecular flexibility index (Phi) is 6.00. The van der Waals surface area contributed by atoms with E-state index in [4.69, 9.17) is 10.00 Å². The summed E-state index contributed by atoms with van der Waals surface area (Å²) in [6.45, 7) is 3.34. The van der Waals surface area contributed by atoms with Gasteiger partial charge >= 0.3 is 6.09 Å². The van der Waals surface area contributed by atoms with Crippen molar-refractivity contribution in [3.05, 3.63) is 54.1 Å². The molecule has 0 atom stereocenters. The van der Waals surface area contributed by atoms with Crippen LogP contribution in [0.1, 0.15) is 5.56 Å². The van der Waals surface area contributed by atoms with Crippen LogP contribution in [0, 0.1) is 11.3 Å². The van der Waals surface area contributed by atoms with E-state index in [0.29, 0.717) is 50.6 Å². The number of carbonyl (C=O) groups is 1. The topological polar surface area (TPSA) is 94.0 Å². The van der Waals surface area contributed by atoms with Crippen LogP contribution in [0.25, 0.3) is 0 Å². The van der Waals surface area contributed by atoms with E-state index in [1.165, 1.54) is 0 Å². The van der Waals surface area contributed by atoms with E-state index < -0.39 is 15.9 Å². The zero-order valence-electron chi connectivity index (χ0n) is 17.1. The molecule has 0 radical (unpaired) electrons. The minimum atomic E-state index is -2.95. The van der Waals surface area contributed by atoms with Crippen molar-refractivity contribution >= 4 is 27.3 Å². The van der Waals surface area contributed by atoms with Crippen molar-refractivity contribution in [2.75, 3.05) is 60.6 Å².